The van der Waals surface area contributed by atoms with Crippen LogP contribution in [0.3, 0.4) is 0 Å². The number of para-hydroxylation sites is 1. The topological polar surface area (TPSA) is 49.2 Å². The summed E-state index contributed by atoms with van der Waals surface area (Å²) in [7, 11) is 1.48. The van der Waals surface area contributed by atoms with Gasteiger partial charge in [-0.05, 0) is 42.7 Å². The van der Waals surface area contributed by atoms with E-state index in [4.69, 9.17) is 21.1 Å². The minimum absolute atomic E-state index is 0.279. The lowest BCUT2D eigenvalue weighted by Gasteiger charge is -2.12. The van der Waals surface area contributed by atoms with Crippen molar-refractivity contribution in [2.75, 3.05) is 7.11 Å². The van der Waals surface area contributed by atoms with E-state index in [-0.39, 0.29) is 6.61 Å². The maximum atomic E-state index is 12.7. The van der Waals surface area contributed by atoms with E-state index in [1.165, 1.54) is 7.11 Å². The molecule has 1 fully saturated rings. The number of methoxy groups -OCH3 is 1. The highest BCUT2D eigenvalue weighted by Gasteiger charge is 2.30. The second kappa shape index (κ2) is 10.1. The number of rotatable bonds is 10. The number of hydrogen-bond donors (Lipinski definition) is 0. The maximum Gasteiger partial charge on any atom is 0.289 e. The molecule has 0 bridgehead atoms. The SMILES string of the molecule is COc1cc(CSc2nnc(COc3ccccc3Cl)n2C2CC2)ccc1SC(F)F. The molecule has 3 aromatic rings. The van der Waals surface area contributed by atoms with Crippen molar-refractivity contribution in [2.24, 2.45) is 0 Å². The molecule has 1 heterocycles. The molecule has 1 saturated carbocycles. The smallest absolute Gasteiger partial charge is 0.289 e. The van der Waals surface area contributed by atoms with Gasteiger partial charge in [-0.1, -0.05) is 53.3 Å². The minimum atomic E-state index is -2.49. The molecule has 5 nitrogen and oxygen atoms in total. The van der Waals surface area contributed by atoms with Crippen LogP contribution in [0.2, 0.25) is 5.02 Å². The fraction of sp³-hybridized carbons (Fsp3) is 0.333. The third kappa shape index (κ3) is 5.64. The van der Waals surface area contributed by atoms with Crippen LogP contribution < -0.4 is 9.47 Å². The number of halogens is 3. The first-order valence-electron chi connectivity index (χ1n) is 9.60. The molecule has 4 rings (SSSR count). The molecule has 1 aromatic heterocycles. The van der Waals surface area contributed by atoms with Crippen LogP contribution >= 0.6 is 35.1 Å². The normalized spacial score (nSPS) is 13.6. The van der Waals surface area contributed by atoms with Gasteiger partial charge in [0.15, 0.2) is 11.0 Å². The van der Waals surface area contributed by atoms with Gasteiger partial charge in [-0.2, -0.15) is 8.78 Å². The Morgan fingerprint density at radius 3 is 2.68 bits per heavy atom. The first kappa shape index (κ1) is 22.2. The van der Waals surface area contributed by atoms with Gasteiger partial charge in [-0.15, -0.1) is 10.2 Å². The van der Waals surface area contributed by atoms with Gasteiger partial charge in [0.2, 0.25) is 0 Å². The highest BCUT2D eigenvalue weighted by atomic mass is 35.5. The van der Waals surface area contributed by atoms with E-state index in [0.29, 0.717) is 45.0 Å². The third-order valence-corrected chi connectivity index (χ3v) is 6.75. The zero-order valence-electron chi connectivity index (χ0n) is 16.6. The quantitative estimate of drug-likeness (QED) is 0.308. The molecule has 31 heavy (non-hydrogen) atoms. The van der Waals surface area contributed by atoms with Gasteiger partial charge in [0.1, 0.15) is 18.1 Å². The predicted octanol–water partition coefficient (Wildman–Crippen LogP) is 6.46. The number of benzene rings is 2. The second-order valence-electron chi connectivity index (χ2n) is 6.87. The fourth-order valence-corrected chi connectivity index (χ4v) is 4.81. The summed E-state index contributed by atoms with van der Waals surface area (Å²) in [6.07, 6.45) is 2.16. The summed E-state index contributed by atoms with van der Waals surface area (Å²) in [5.74, 6) is -0.0612. The summed E-state index contributed by atoms with van der Waals surface area (Å²) >= 11 is 8.20. The van der Waals surface area contributed by atoms with Crippen molar-refractivity contribution >= 4 is 35.1 Å². The second-order valence-corrected chi connectivity index (χ2v) is 9.25. The Hall–Kier alpha value is -1.97. The lowest BCUT2D eigenvalue weighted by atomic mass is 10.2. The number of thioether (sulfide) groups is 2. The van der Waals surface area contributed by atoms with E-state index in [1.807, 2.05) is 24.3 Å². The highest BCUT2D eigenvalue weighted by molar-refractivity contribution is 7.99. The molecule has 0 atom stereocenters. The maximum absolute atomic E-state index is 12.7. The molecule has 0 spiro atoms. The van der Waals surface area contributed by atoms with Gasteiger partial charge in [0.05, 0.1) is 17.0 Å². The van der Waals surface area contributed by atoms with Crippen molar-refractivity contribution in [2.45, 2.75) is 47.1 Å². The molecular formula is C21H20ClF2N3O2S2. The predicted molar refractivity (Wildman–Crippen MR) is 118 cm³/mol. The first-order chi connectivity index (χ1) is 15.0. The van der Waals surface area contributed by atoms with Crippen LogP contribution in [0.5, 0.6) is 11.5 Å². The van der Waals surface area contributed by atoms with Crippen LogP contribution in [0, 0.1) is 0 Å². The van der Waals surface area contributed by atoms with E-state index >= 15 is 0 Å². The summed E-state index contributed by atoms with van der Waals surface area (Å²) in [6, 6.07) is 13.0. The number of alkyl halides is 2. The van der Waals surface area contributed by atoms with Crippen molar-refractivity contribution in [3.63, 3.8) is 0 Å². The standard InChI is InChI=1S/C21H20ClF2N3O2S2/c1-28-17-10-13(6-9-18(17)31-20(23)24)12-30-21-26-25-19(27(21)14-7-8-14)11-29-16-5-3-2-4-15(16)22/h2-6,9-10,14,20H,7-8,11-12H2,1H3. The Morgan fingerprint density at radius 1 is 1.16 bits per heavy atom. The van der Waals surface area contributed by atoms with E-state index in [0.717, 1.165) is 29.4 Å². The van der Waals surface area contributed by atoms with Crippen LogP contribution in [0.4, 0.5) is 8.78 Å². The van der Waals surface area contributed by atoms with Gasteiger partial charge >= 0.3 is 0 Å². The average molecular weight is 484 g/mol. The lowest BCUT2D eigenvalue weighted by molar-refractivity contribution is 0.251. The van der Waals surface area contributed by atoms with E-state index in [1.54, 1.807) is 30.0 Å². The van der Waals surface area contributed by atoms with Crippen molar-refractivity contribution in [1.82, 2.24) is 14.8 Å². The van der Waals surface area contributed by atoms with Crippen molar-refractivity contribution in [3.05, 3.63) is 58.9 Å². The highest BCUT2D eigenvalue weighted by Crippen LogP contribution is 2.40. The molecule has 0 N–H and O–H groups in total. The summed E-state index contributed by atoms with van der Waals surface area (Å²) in [6.45, 7) is 0.279. The summed E-state index contributed by atoms with van der Waals surface area (Å²) in [5.41, 5.74) is 0.958. The van der Waals surface area contributed by atoms with Crippen LogP contribution in [-0.2, 0) is 12.4 Å². The van der Waals surface area contributed by atoms with Gasteiger partial charge in [-0.25, -0.2) is 0 Å². The molecule has 0 radical (unpaired) electrons. The van der Waals surface area contributed by atoms with Crippen molar-refractivity contribution < 1.29 is 18.3 Å². The van der Waals surface area contributed by atoms with E-state index < -0.39 is 5.76 Å². The Morgan fingerprint density at radius 2 is 1.97 bits per heavy atom. The molecule has 1 aliphatic rings. The van der Waals surface area contributed by atoms with Crippen LogP contribution in [0.25, 0.3) is 0 Å². The summed E-state index contributed by atoms with van der Waals surface area (Å²) in [4.78, 5) is 0.423. The molecule has 1 aliphatic carbocycles. The van der Waals surface area contributed by atoms with Crippen LogP contribution in [0.15, 0.2) is 52.5 Å². The average Bonchev–Trinajstić information content (AvgIpc) is 3.52. The summed E-state index contributed by atoms with van der Waals surface area (Å²) in [5, 5.41) is 10.0. The zero-order chi connectivity index (χ0) is 21.8. The fourth-order valence-electron chi connectivity index (χ4n) is 3.05. The third-order valence-electron chi connectivity index (χ3n) is 4.65. The monoisotopic (exact) mass is 483 g/mol. The minimum Gasteiger partial charge on any atom is -0.496 e. The lowest BCUT2D eigenvalue weighted by Crippen LogP contribution is -2.07. The zero-order valence-corrected chi connectivity index (χ0v) is 19.0. The Balaban J connectivity index is 1.45. The molecule has 0 amide bonds. The van der Waals surface area contributed by atoms with E-state index in [9.17, 15) is 8.78 Å². The molecule has 0 unspecified atom stereocenters. The Labute approximate surface area is 192 Å². The van der Waals surface area contributed by atoms with Gasteiger partial charge in [0.25, 0.3) is 5.76 Å². The van der Waals surface area contributed by atoms with Gasteiger partial charge in [-0.3, -0.25) is 4.57 Å². The first-order valence-corrected chi connectivity index (χ1v) is 11.8. The van der Waals surface area contributed by atoms with Crippen molar-refractivity contribution in [1.29, 1.82) is 0 Å². The number of aromatic nitrogens is 3. The number of hydrogen-bond acceptors (Lipinski definition) is 6. The molecular weight excluding hydrogens is 464 g/mol. The molecule has 10 heteroatoms. The Bertz CT molecular complexity index is 1050. The van der Waals surface area contributed by atoms with Crippen molar-refractivity contribution in [3.8, 4) is 11.5 Å². The van der Waals surface area contributed by atoms with E-state index in [2.05, 4.69) is 14.8 Å². The largest absolute Gasteiger partial charge is 0.496 e. The molecule has 2 aromatic carbocycles. The Kier molecular flexibility index (Phi) is 7.24. The number of nitrogens with zero attached hydrogens (tertiary/aromatic N) is 3. The molecule has 164 valence electrons. The van der Waals surface area contributed by atoms with Gasteiger partial charge < -0.3 is 9.47 Å². The van der Waals surface area contributed by atoms with Gasteiger partial charge in [0, 0.05) is 11.8 Å². The molecule has 0 aliphatic heterocycles. The summed E-state index contributed by atoms with van der Waals surface area (Å²) < 4.78 is 38.6. The number of ether oxygens (including phenoxy) is 2. The molecule has 0 saturated heterocycles. The van der Waals surface area contributed by atoms with Crippen LogP contribution in [0.1, 0.15) is 30.3 Å². The van der Waals surface area contributed by atoms with Crippen LogP contribution in [-0.4, -0.2) is 27.6 Å².